The summed E-state index contributed by atoms with van der Waals surface area (Å²) in [4.78, 5) is 13.1. The van der Waals surface area contributed by atoms with Crippen LogP contribution in [-0.4, -0.2) is 15.7 Å². The molecular weight excluding hydrogens is 358 g/mol. The Morgan fingerprint density at radius 2 is 2.04 bits per heavy atom. The number of benzene rings is 1. The molecule has 0 saturated carbocycles. The third-order valence-electron chi connectivity index (χ3n) is 4.27. The Morgan fingerprint density at radius 3 is 2.81 bits per heavy atom. The molecule has 0 saturated heterocycles. The van der Waals surface area contributed by atoms with Crippen molar-refractivity contribution < 1.29 is 9.53 Å². The topological polar surface area (TPSA) is 56.2 Å². The normalized spacial score (nSPS) is 10.8. The third kappa shape index (κ3) is 4.77. The molecule has 6 heteroatoms. The molecule has 0 bridgehead atoms. The van der Waals surface area contributed by atoms with Crippen molar-refractivity contribution >= 4 is 23.1 Å². The molecule has 1 aromatic carbocycles. The van der Waals surface area contributed by atoms with Crippen molar-refractivity contribution in [1.82, 2.24) is 9.78 Å². The van der Waals surface area contributed by atoms with Crippen molar-refractivity contribution in [2.24, 2.45) is 0 Å². The summed E-state index contributed by atoms with van der Waals surface area (Å²) < 4.78 is 7.83. The lowest BCUT2D eigenvalue weighted by Gasteiger charge is -2.08. The number of carbonyl (C=O) groups excluding carboxylic acids is 1. The zero-order chi connectivity index (χ0) is 19.4. The monoisotopic (exact) mass is 383 g/mol. The maximum Gasteiger partial charge on any atom is 0.266 e. The van der Waals surface area contributed by atoms with Gasteiger partial charge in [-0.2, -0.15) is 5.10 Å². The van der Waals surface area contributed by atoms with Crippen LogP contribution < -0.4 is 10.1 Å². The van der Waals surface area contributed by atoms with Crippen molar-refractivity contribution in [3.8, 4) is 5.75 Å². The fourth-order valence-electron chi connectivity index (χ4n) is 2.78. The first-order valence-electron chi connectivity index (χ1n) is 9.09. The maximum absolute atomic E-state index is 12.5. The molecule has 0 fully saturated rings. The van der Waals surface area contributed by atoms with Gasteiger partial charge >= 0.3 is 0 Å². The molecule has 0 atom stereocenters. The summed E-state index contributed by atoms with van der Waals surface area (Å²) in [5.41, 5.74) is 4.30. The molecule has 0 aliphatic carbocycles. The highest BCUT2D eigenvalue weighted by Gasteiger charge is 2.13. The second kappa shape index (κ2) is 8.39. The van der Waals surface area contributed by atoms with Crippen molar-refractivity contribution in [1.29, 1.82) is 0 Å². The summed E-state index contributed by atoms with van der Waals surface area (Å²) in [6.07, 6.45) is 1.00. The summed E-state index contributed by atoms with van der Waals surface area (Å²) in [5, 5.41) is 9.27. The zero-order valence-electron chi connectivity index (χ0n) is 16.2. The van der Waals surface area contributed by atoms with Crippen molar-refractivity contribution in [2.75, 3.05) is 5.32 Å². The van der Waals surface area contributed by atoms with E-state index in [-0.39, 0.29) is 5.91 Å². The van der Waals surface area contributed by atoms with Gasteiger partial charge in [-0.1, -0.05) is 19.1 Å². The van der Waals surface area contributed by atoms with E-state index in [0.717, 1.165) is 35.5 Å². The molecule has 1 N–H and O–H groups in total. The number of aryl methyl sites for hydroxylation is 4. The van der Waals surface area contributed by atoms with E-state index in [1.54, 1.807) is 0 Å². The molecule has 0 spiro atoms. The molecule has 3 aromatic rings. The van der Waals surface area contributed by atoms with Crippen molar-refractivity contribution in [3.05, 3.63) is 63.0 Å². The molecule has 0 radical (unpaired) electrons. The van der Waals surface area contributed by atoms with E-state index in [9.17, 15) is 4.79 Å². The Kier molecular flexibility index (Phi) is 5.96. The van der Waals surface area contributed by atoms with Gasteiger partial charge in [-0.05, 0) is 55.8 Å². The summed E-state index contributed by atoms with van der Waals surface area (Å²) in [5.74, 6) is 1.33. The number of ether oxygens (including phenoxy) is 1. The summed E-state index contributed by atoms with van der Waals surface area (Å²) >= 11 is 1.41. The van der Waals surface area contributed by atoms with Crippen molar-refractivity contribution in [3.63, 3.8) is 0 Å². The van der Waals surface area contributed by atoms with Crippen LogP contribution in [0.5, 0.6) is 5.75 Å². The van der Waals surface area contributed by atoms with Gasteiger partial charge in [0, 0.05) is 23.9 Å². The molecule has 2 heterocycles. The third-order valence-corrected chi connectivity index (χ3v) is 5.25. The lowest BCUT2D eigenvalue weighted by Crippen LogP contribution is -2.11. The number of amides is 1. The predicted molar refractivity (Wildman–Crippen MR) is 110 cm³/mol. The minimum absolute atomic E-state index is 0.140. The van der Waals surface area contributed by atoms with Crippen LogP contribution in [0.15, 0.2) is 35.7 Å². The van der Waals surface area contributed by atoms with E-state index in [1.807, 2.05) is 49.0 Å². The van der Waals surface area contributed by atoms with Crippen LogP contribution in [-0.2, 0) is 13.2 Å². The number of thiophene rings is 1. The molecule has 5 nitrogen and oxygen atoms in total. The van der Waals surface area contributed by atoms with Crippen LogP contribution in [0.3, 0.4) is 0 Å². The first-order chi connectivity index (χ1) is 13.0. The minimum atomic E-state index is -0.140. The number of rotatable bonds is 7. The van der Waals surface area contributed by atoms with E-state index in [0.29, 0.717) is 17.3 Å². The van der Waals surface area contributed by atoms with Gasteiger partial charge in [0.05, 0.1) is 4.88 Å². The number of carbonyl (C=O) groups is 1. The van der Waals surface area contributed by atoms with Gasteiger partial charge in [-0.15, -0.1) is 11.3 Å². The lowest BCUT2D eigenvalue weighted by molar-refractivity contribution is 0.103. The average Bonchev–Trinajstić information content (AvgIpc) is 3.23. The molecule has 0 unspecified atom stereocenters. The fraction of sp³-hybridized carbons (Fsp3) is 0.333. The first kappa shape index (κ1) is 19.2. The SMILES string of the molecule is CCCn1nc(NC(=O)c2cc(COc3cc(C)ccc3C)cs2)cc1C. The van der Waals surface area contributed by atoms with Crippen molar-refractivity contribution in [2.45, 2.75) is 47.3 Å². The van der Waals surface area contributed by atoms with Gasteiger partial charge in [0.15, 0.2) is 5.82 Å². The Bertz CT molecular complexity index is 943. The van der Waals surface area contributed by atoms with E-state index >= 15 is 0 Å². The summed E-state index contributed by atoms with van der Waals surface area (Å²) in [7, 11) is 0. The van der Waals surface area contributed by atoms with Crippen LogP contribution in [0.25, 0.3) is 0 Å². The molecule has 0 aliphatic rings. The average molecular weight is 384 g/mol. The lowest BCUT2D eigenvalue weighted by atomic mass is 10.1. The van der Waals surface area contributed by atoms with E-state index in [1.165, 1.54) is 16.9 Å². The summed E-state index contributed by atoms with van der Waals surface area (Å²) in [6, 6.07) is 9.92. The first-order valence-corrected chi connectivity index (χ1v) is 9.97. The highest BCUT2D eigenvalue weighted by Crippen LogP contribution is 2.22. The predicted octanol–water partition coefficient (Wildman–Crippen LogP) is 5.11. The maximum atomic E-state index is 12.5. The number of hydrogen-bond acceptors (Lipinski definition) is 4. The molecule has 2 aromatic heterocycles. The number of nitrogens with one attached hydrogen (secondary N) is 1. The number of anilines is 1. The Labute approximate surface area is 164 Å². The Morgan fingerprint density at radius 1 is 1.22 bits per heavy atom. The molecule has 3 rings (SSSR count). The molecule has 142 valence electrons. The highest BCUT2D eigenvalue weighted by molar-refractivity contribution is 7.12. The number of aromatic nitrogens is 2. The smallest absolute Gasteiger partial charge is 0.266 e. The van der Waals surface area contributed by atoms with Gasteiger partial charge in [0.1, 0.15) is 12.4 Å². The number of hydrogen-bond donors (Lipinski definition) is 1. The van der Waals surface area contributed by atoms with E-state index < -0.39 is 0 Å². The molecule has 1 amide bonds. The van der Waals surface area contributed by atoms with Gasteiger partial charge in [0.2, 0.25) is 0 Å². The van der Waals surface area contributed by atoms with Crippen LogP contribution in [0, 0.1) is 20.8 Å². The van der Waals surface area contributed by atoms with Crippen LogP contribution in [0.4, 0.5) is 5.82 Å². The van der Waals surface area contributed by atoms with Gasteiger partial charge < -0.3 is 10.1 Å². The standard InChI is InChI=1S/C21H25N3O2S/c1-5-8-24-16(4)10-20(23-24)22-21(25)19-11-17(13-27-19)12-26-18-9-14(2)6-7-15(18)3/h6-7,9-11,13H,5,8,12H2,1-4H3,(H,22,23,25). The van der Waals surface area contributed by atoms with Crippen LogP contribution >= 0.6 is 11.3 Å². The summed E-state index contributed by atoms with van der Waals surface area (Å²) in [6.45, 7) is 9.46. The second-order valence-corrected chi connectivity index (χ2v) is 7.64. The minimum Gasteiger partial charge on any atom is -0.489 e. The van der Waals surface area contributed by atoms with E-state index in [2.05, 4.69) is 29.5 Å². The van der Waals surface area contributed by atoms with Crippen LogP contribution in [0.2, 0.25) is 0 Å². The molecule has 27 heavy (non-hydrogen) atoms. The Hall–Kier alpha value is -2.60. The second-order valence-electron chi connectivity index (χ2n) is 6.73. The van der Waals surface area contributed by atoms with Gasteiger partial charge in [0.25, 0.3) is 5.91 Å². The number of nitrogens with zero attached hydrogens (tertiary/aromatic N) is 2. The highest BCUT2D eigenvalue weighted by atomic mass is 32.1. The fourth-order valence-corrected chi connectivity index (χ4v) is 3.57. The Balaban J connectivity index is 1.62. The van der Waals surface area contributed by atoms with E-state index in [4.69, 9.17) is 4.74 Å². The molecule has 0 aliphatic heterocycles. The zero-order valence-corrected chi connectivity index (χ0v) is 17.0. The largest absolute Gasteiger partial charge is 0.489 e. The van der Waals surface area contributed by atoms with Crippen LogP contribution in [0.1, 0.15) is 45.4 Å². The van der Waals surface area contributed by atoms with Gasteiger partial charge in [-0.3, -0.25) is 9.48 Å². The quantitative estimate of drug-likeness (QED) is 0.617. The van der Waals surface area contributed by atoms with Gasteiger partial charge in [-0.25, -0.2) is 0 Å². The molecular formula is C21H25N3O2S.